The molecule has 0 atom stereocenters. The SMILES string of the molecule is O=C(NCCOc1ccccc1Br)NCCc1ccc(Cl)cc1. The minimum absolute atomic E-state index is 0.199. The van der Waals surface area contributed by atoms with E-state index >= 15 is 0 Å². The second-order valence-corrected chi connectivity index (χ2v) is 6.13. The first-order valence-corrected chi connectivity index (χ1v) is 8.46. The average molecular weight is 398 g/mol. The Balaban J connectivity index is 1.58. The normalized spacial score (nSPS) is 10.2. The Morgan fingerprint density at radius 2 is 1.74 bits per heavy atom. The topological polar surface area (TPSA) is 50.4 Å². The van der Waals surface area contributed by atoms with Gasteiger partial charge in [0.2, 0.25) is 0 Å². The first kappa shape index (κ1) is 17.6. The molecule has 0 unspecified atom stereocenters. The van der Waals surface area contributed by atoms with E-state index in [1.54, 1.807) is 0 Å². The molecule has 0 heterocycles. The van der Waals surface area contributed by atoms with Gasteiger partial charge >= 0.3 is 6.03 Å². The predicted molar refractivity (Wildman–Crippen MR) is 96.2 cm³/mol. The Morgan fingerprint density at radius 3 is 2.48 bits per heavy atom. The summed E-state index contributed by atoms with van der Waals surface area (Å²) < 4.78 is 6.47. The van der Waals surface area contributed by atoms with E-state index in [2.05, 4.69) is 26.6 Å². The van der Waals surface area contributed by atoms with Gasteiger partial charge in [-0.3, -0.25) is 0 Å². The Kier molecular flexibility index (Phi) is 7.23. The van der Waals surface area contributed by atoms with Crippen LogP contribution >= 0.6 is 27.5 Å². The molecule has 2 amide bonds. The molecule has 0 radical (unpaired) electrons. The highest BCUT2D eigenvalue weighted by Crippen LogP contribution is 2.23. The van der Waals surface area contributed by atoms with E-state index < -0.39 is 0 Å². The van der Waals surface area contributed by atoms with Crippen molar-refractivity contribution >= 4 is 33.6 Å². The van der Waals surface area contributed by atoms with Gasteiger partial charge in [-0.2, -0.15) is 0 Å². The first-order chi connectivity index (χ1) is 11.1. The lowest BCUT2D eigenvalue weighted by molar-refractivity contribution is 0.236. The van der Waals surface area contributed by atoms with Crippen LogP contribution in [0.5, 0.6) is 5.75 Å². The van der Waals surface area contributed by atoms with Crippen molar-refractivity contribution in [3.8, 4) is 5.75 Å². The maximum Gasteiger partial charge on any atom is 0.314 e. The van der Waals surface area contributed by atoms with Gasteiger partial charge < -0.3 is 15.4 Å². The van der Waals surface area contributed by atoms with E-state index in [1.165, 1.54) is 0 Å². The largest absolute Gasteiger partial charge is 0.491 e. The van der Waals surface area contributed by atoms with E-state index in [9.17, 15) is 4.79 Å². The number of rotatable bonds is 7. The molecule has 2 aromatic rings. The zero-order valence-electron chi connectivity index (χ0n) is 12.5. The maximum absolute atomic E-state index is 11.7. The quantitative estimate of drug-likeness (QED) is 0.693. The number of urea groups is 1. The van der Waals surface area contributed by atoms with Gasteiger partial charge in [-0.25, -0.2) is 4.79 Å². The summed E-state index contributed by atoms with van der Waals surface area (Å²) in [6, 6.07) is 15.0. The van der Waals surface area contributed by atoms with Gasteiger partial charge in [0.05, 0.1) is 11.0 Å². The van der Waals surface area contributed by atoms with Crippen LogP contribution < -0.4 is 15.4 Å². The van der Waals surface area contributed by atoms with Crippen LogP contribution in [0.3, 0.4) is 0 Å². The molecule has 4 nitrogen and oxygen atoms in total. The van der Waals surface area contributed by atoms with Crippen LogP contribution in [0.25, 0.3) is 0 Å². The highest BCUT2D eigenvalue weighted by atomic mass is 79.9. The summed E-state index contributed by atoms with van der Waals surface area (Å²) in [6.45, 7) is 1.42. The second kappa shape index (κ2) is 9.43. The number of hydrogen-bond acceptors (Lipinski definition) is 2. The van der Waals surface area contributed by atoms with Crippen molar-refractivity contribution < 1.29 is 9.53 Å². The zero-order valence-corrected chi connectivity index (χ0v) is 14.9. The fraction of sp³-hybridized carbons (Fsp3) is 0.235. The number of ether oxygens (including phenoxy) is 1. The minimum atomic E-state index is -0.199. The molecule has 2 N–H and O–H groups in total. The number of benzene rings is 2. The number of hydrogen-bond donors (Lipinski definition) is 2. The van der Waals surface area contributed by atoms with Crippen LogP contribution in [0.2, 0.25) is 5.02 Å². The van der Waals surface area contributed by atoms with Crippen molar-refractivity contribution in [2.45, 2.75) is 6.42 Å². The molecule has 2 rings (SSSR count). The molecule has 0 spiro atoms. The smallest absolute Gasteiger partial charge is 0.314 e. The molecule has 0 saturated heterocycles. The lowest BCUT2D eigenvalue weighted by atomic mass is 10.1. The van der Waals surface area contributed by atoms with Gasteiger partial charge in [0.15, 0.2) is 0 Å². The van der Waals surface area contributed by atoms with Gasteiger partial charge in [0.25, 0.3) is 0 Å². The highest BCUT2D eigenvalue weighted by Gasteiger charge is 2.01. The van der Waals surface area contributed by atoms with E-state index in [0.29, 0.717) is 24.7 Å². The van der Waals surface area contributed by atoms with Crippen molar-refractivity contribution in [1.29, 1.82) is 0 Å². The highest BCUT2D eigenvalue weighted by molar-refractivity contribution is 9.10. The summed E-state index contributed by atoms with van der Waals surface area (Å²) in [5, 5.41) is 6.28. The van der Waals surface area contributed by atoms with Crippen LogP contribution in [0.4, 0.5) is 4.79 Å². The third kappa shape index (κ3) is 6.50. The first-order valence-electron chi connectivity index (χ1n) is 7.28. The van der Waals surface area contributed by atoms with Crippen molar-refractivity contribution in [2.24, 2.45) is 0 Å². The lowest BCUT2D eigenvalue weighted by Crippen LogP contribution is -2.38. The summed E-state index contributed by atoms with van der Waals surface area (Å²) in [5.41, 5.74) is 1.13. The molecule has 0 aliphatic rings. The van der Waals surface area contributed by atoms with Crippen molar-refractivity contribution in [1.82, 2.24) is 10.6 Å². The van der Waals surface area contributed by atoms with Crippen LogP contribution in [0.1, 0.15) is 5.56 Å². The van der Waals surface area contributed by atoms with E-state index in [1.807, 2.05) is 48.5 Å². The minimum Gasteiger partial charge on any atom is -0.491 e. The fourth-order valence-electron chi connectivity index (χ4n) is 1.92. The number of para-hydroxylation sites is 1. The fourth-order valence-corrected chi connectivity index (χ4v) is 2.45. The Hall–Kier alpha value is -1.72. The van der Waals surface area contributed by atoms with Crippen molar-refractivity contribution in [2.75, 3.05) is 19.7 Å². The number of nitrogens with one attached hydrogen (secondary N) is 2. The molecule has 0 aromatic heterocycles. The molecule has 0 fully saturated rings. The van der Waals surface area contributed by atoms with E-state index in [0.717, 1.165) is 22.2 Å². The molecular weight excluding hydrogens is 380 g/mol. The molecular formula is C17H18BrClN2O2. The van der Waals surface area contributed by atoms with Crippen LogP contribution in [0, 0.1) is 0 Å². The summed E-state index contributed by atoms with van der Waals surface area (Å²) in [5.74, 6) is 0.762. The van der Waals surface area contributed by atoms with Crippen molar-refractivity contribution in [3.63, 3.8) is 0 Å². The summed E-state index contributed by atoms with van der Waals surface area (Å²) in [7, 11) is 0. The van der Waals surface area contributed by atoms with Gasteiger partial charge in [0.1, 0.15) is 12.4 Å². The number of carbonyl (C=O) groups is 1. The Morgan fingerprint density at radius 1 is 1.04 bits per heavy atom. The lowest BCUT2D eigenvalue weighted by Gasteiger charge is -2.10. The van der Waals surface area contributed by atoms with Crippen LogP contribution in [-0.2, 0) is 6.42 Å². The maximum atomic E-state index is 11.7. The molecule has 2 aromatic carbocycles. The molecule has 0 bridgehead atoms. The molecule has 122 valence electrons. The summed E-state index contributed by atoms with van der Waals surface area (Å²) >= 11 is 9.23. The zero-order chi connectivity index (χ0) is 16.5. The molecule has 0 aliphatic carbocycles. The Labute approximate surface area is 149 Å². The number of amides is 2. The van der Waals surface area contributed by atoms with E-state index in [4.69, 9.17) is 16.3 Å². The average Bonchev–Trinajstić information content (AvgIpc) is 2.55. The monoisotopic (exact) mass is 396 g/mol. The second-order valence-electron chi connectivity index (χ2n) is 4.84. The van der Waals surface area contributed by atoms with Gasteiger partial charge in [-0.1, -0.05) is 35.9 Å². The number of halogens is 2. The van der Waals surface area contributed by atoms with Gasteiger partial charge in [-0.15, -0.1) is 0 Å². The van der Waals surface area contributed by atoms with Crippen LogP contribution in [-0.4, -0.2) is 25.7 Å². The van der Waals surface area contributed by atoms with Gasteiger partial charge in [0, 0.05) is 11.6 Å². The molecule has 23 heavy (non-hydrogen) atoms. The van der Waals surface area contributed by atoms with Gasteiger partial charge in [-0.05, 0) is 52.2 Å². The number of carbonyl (C=O) groups excluding carboxylic acids is 1. The molecule has 0 saturated carbocycles. The predicted octanol–water partition coefficient (Wildman–Crippen LogP) is 4.02. The van der Waals surface area contributed by atoms with E-state index in [-0.39, 0.29) is 6.03 Å². The summed E-state index contributed by atoms with van der Waals surface area (Å²) in [4.78, 5) is 11.7. The molecule has 0 aliphatic heterocycles. The third-order valence-electron chi connectivity index (χ3n) is 3.09. The summed E-state index contributed by atoms with van der Waals surface area (Å²) in [6.07, 6.45) is 0.762. The Bertz CT molecular complexity index is 635. The third-order valence-corrected chi connectivity index (χ3v) is 4.00. The molecule has 6 heteroatoms. The van der Waals surface area contributed by atoms with Crippen LogP contribution in [0.15, 0.2) is 53.0 Å². The van der Waals surface area contributed by atoms with Crippen molar-refractivity contribution in [3.05, 3.63) is 63.6 Å². The standard InChI is InChI=1S/C17H18BrClN2O2/c18-15-3-1-2-4-16(15)23-12-11-21-17(22)20-10-9-13-5-7-14(19)8-6-13/h1-8H,9-12H2,(H2,20,21,22).